The van der Waals surface area contributed by atoms with Crippen molar-refractivity contribution >= 4 is 29.9 Å². The number of benzene rings is 2. The first-order valence-electron chi connectivity index (χ1n) is 10.6. The van der Waals surface area contributed by atoms with Gasteiger partial charge in [0.05, 0.1) is 19.9 Å². The normalized spacial score (nSPS) is 11.5. The Hall–Kier alpha value is -2.75. The zero-order valence-corrected chi connectivity index (χ0v) is 22.2. The first kappa shape index (κ1) is 26.5. The number of ether oxygens (including phenoxy) is 2. The van der Waals surface area contributed by atoms with Crippen LogP contribution < -0.4 is 20.1 Å². The van der Waals surface area contributed by atoms with E-state index >= 15 is 0 Å². The van der Waals surface area contributed by atoms with Crippen molar-refractivity contribution in [3.8, 4) is 11.5 Å². The summed E-state index contributed by atoms with van der Waals surface area (Å²) >= 11 is 0. The lowest BCUT2D eigenvalue weighted by molar-refractivity contribution is 0.284. The lowest BCUT2D eigenvalue weighted by atomic mass is 9.94. The Morgan fingerprint density at radius 1 is 1.00 bits per heavy atom. The third kappa shape index (κ3) is 7.96. The van der Waals surface area contributed by atoms with E-state index in [0.717, 1.165) is 16.9 Å². The van der Waals surface area contributed by atoms with Gasteiger partial charge in [-0.05, 0) is 23.3 Å². The van der Waals surface area contributed by atoms with Gasteiger partial charge in [0.25, 0.3) is 0 Å². The number of nitrogens with zero attached hydrogens (tertiary/aromatic N) is 2. The monoisotopic (exact) mass is 564 g/mol. The number of methoxy groups -OCH3 is 1. The second-order valence-corrected chi connectivity index (χ2v) is 8.41. The maximum Gasteiger partial charge on any atom is 0.213 e. The average molecular weight is 564 g/mol. The van der Waals surface area contributed by atoms with Gasteiger partial charge in [0.2, 0.25) is 5.89 Å². The minimum absolute atomic E-state index is 0. The van der Waals surface area contributed by atoms with Crippen molar-refractivity contribution in [2.24, 2.45) is 4.99 Å². The molecular weight excluding hydrogens is 531 g/mol. The van der Waals surface area contributed by atoms with Crippen LogP contribution in [-0.4, -0.2) is 25.1 Å². The molecule has 0 saturated heterocycles. The van der Waals surface area contributed by atoms with E-state index in [1.165, 1.54) is 0 Å². The zero-order valence-electron chi connectivity index (χ0n) is 19.8. The van der Waals surface area contributed by atoms with Gasteiger partial charge in [-0.1, -0.05) is 57.2 Å². The smallest absolute Gasteiger partial charge is 0.213 e. The van der Waals surface area contributed by atoms with E-state index in [2.05, 4.69) is 41.4 Å². The molecule has 0 aliphatic carbocycles. The number of hydrogen-bond donors (Lipinski definition) is 2. The fourth-order valence-corrected chi connectivity index (χ4v) is 2.98. The van der Waals surface area contributed by atoms with E-state index in [0.29, 0.717) is 43.0 Å². The standard InChI is InChI=1S/C25H32N4O3.HI/c1-25(2,3)22-15-27-23(32-22)16-29-24(26-4)28-14-19-11-12-20(21(13-19)30-5)31-17-18-9-7-6-8-10-18;/h6-13,15H,14,16-17H2,1-5H3,(H2,26,28,29);1H. The van der Waals surface area contributed by atoms with Crippen LogP contribution in [0.5, 0.6) is 11.5 Å². The molecular formula is C25H33IN4O3. The van der Waals surface area contributed by atoms with E-state index in [1.54, 1.807) is 20.4 Å². The maximum atomic E-state index is 5.93. The molecule has 0 spiro atoms. The molecule has 178 valence electrons. The van der Waals surface area contributed by atoms with Crippen LogP contribution in [0, 0.1) is 0 Å². The Morgan fingerprint density at radius 2 is 1.73 bits per heavy atom. The maximum absolute atomic E-state index is 5.93. The number of guanidine groups is 1. The molecule has 0 bridgehead atoms. The summed E-state index contributed by atoms with van der Waals surface area (Å²) in [7, 11) is 3.37. The van der Waals surface area contributed by atoms with Crippen LogP contribution >= 0.6 is 24.0 Å². The third-order valence-corrected chi connectivity index (χ3v) is 4.85. The molecule has 0 atom stereocenters. The van der Waals surface area contributed by atoms with E-state index in [9.17, 15) is 0 Å². The Labute approximate surface area is 213 Å². The van der Waals surface area contributed by atoms with Crippen molar-refractivity contribution in [2.75, 3.05) is 14.2 Å². The Bertz CT molecular complexity index is 1030. The SMILES string of the molecule is CN=C(NCc1ccc(OCc2ccccc2)c(OC)c1)NCc1ncc(C(C)(C)C)o1.I. The summed E-state index contributed by atoms with van der Waals surface area (Å²) in [6.45, 7) is 7.80. The van der Waals surface area contributed by atoms with Crippen molar-refractivity contribution in [2.45, 2.75) is 45.9 Å². The van der Waals surface area contributed by atoms with Crippen molar-refractivity contribution in [1.29, 1.82) is 0 Å². The van der Waals surface area contributed by atoms with Gasteiger partial charge in [0.15, 0.2) is 17.5 Å². The number of rotatable bonds is 8. The van der Waals surface area contributed by atoms with Gasteiger partial charge in [-0.2, -0.15) is 0 Å². The molecule has 3 aromatic rings. The fraction of sp³-hybridized carbons (Fsp3) is 0.360. The molecule has 7 nitrogen and oxygen atoms in total. The molecule has 3 rings (SSSR count). The molecule has 0 amide bonds. The Balaban J connectivity index is 0.00000385. The highest BCUT2D eigenvalue weighted by molar-refractivity contribution is 14.0. The molecule has 0 fully saturated rings. The van der Waals surface area contributed by atoms with E-state index < -0.39 is 0 Å². The summed E-state index contributed by atoms with van der Waals surface area (Å²) in [5.41, 5.74) is 2.08. The molecule has 33 heavy (non-hydrogen) atoms. The summed E-state index contributed by atoms with van der Waals surface area (Å²) in [4.78, 5) is 8.60. The number of halogens is 1. The second-order valence-electron chi connectivity index (χ2n) is 8.41. The van der Waals surface area contributed by atoms with Crippen LogP contribution in [0.25, 0.3) is 0 Å². The topological polar surface area (TPSA) is 80.9 Å². The summed E-state index contributed by atoms with van der Waals surface area (Å²) < 4.78 is 17.3. The lowest BCUT2D eigenvalue weighted by Crippen LogP contribution is -2.36. The van der Waals surface area contributed by atoms with Crippen LogP contribution in [0.3, 0.4) is 0 Å². The molecule has 0 radical (unpaired) electrons. The number of aromatic nitrogens is 1. The highest BCUT2D eigenvalue weighted by Gasteiger charge is 2.19. The minimum Gasteiger partial charge on any atom is -0.493 e. The van der Waals surface area contributed by atoms with Crippen LogP contribution in [0.2, 0.25) is 0 Å². The van der Waals surface area contributed by atoms with Crippen molar-refractivity contribution in [1.82, 2.24) is 15.6 Å². The van der Waals surface area contributed by atoms with Crippen LogP contribution in [-0.2, 0) is 25.1 Å². The fourth-order valence-electron chi connectivity index (χ4n) is 2.98. The summed E-state index contributed by atoms with van der Waals surface area (Å²) in [6.07, 6.45) is 1.78. The molecule has 1 aromatic heterocycles. The predicted octanol–water partition coefficient (Wildman–Crippen LogP) is 5.04. The largest absolute Gasteiger partial charge is 0.493 e. The van der Waals surface area contributed by atoms with Crippen LogP contribution in [0.1, 0.15) is 43.5 Å². The van der Waals surface area contributed by atoms with E-state index in [4.69, 9.17) is 13.9 Å². The molecule has 0 saturated carbocycles. The summed E-state index contributed by atoms with van der Waals surface area (Å²) in [6, 6.07) is 15.9. The molecule has 2 N–H and O–H groups in total. The average Bonchev–Trinajstić information content (AvgIpc) is 3.28. The van der Waals surface area contributed by atoms with E-state index in [-0.39, 0.29) is 29.4 Å². The number of hydrogen-bond acceptors (Lipinski definition) is 5. The molecule has 0 unspecified atom stereocenters. The van der Waals surface area contributed by atoms with Crippen molar-refractivity contribution < 1.29 is 13.9 Å². The van der Waals surface area contributed by atoms with Gasteiger partial charge >= 0.3 is 0 Å². The van der Waals surface area contributed by atoms with Crippen LogP contribution in [0.15, 0.2) is 64.1 Å². The van der Waals surface area contributed by atoms with Crippen LogP contribution in [0.4, 0.5) is 0 Å². The van der Waals surface area contributed by atoms with Gasteiger partial charge < -0.3 is 24.5 Å². The van der Waals surface area contributed by atoms with Gasteiger partial charge in [-0.15, -0.1) is 24.0 Å². The Morgan fingerprint density at radius 3 is 2.36 bits per heavy atom. The second kappa shape index (κ2) is 12.5. The van der Waals surface area contributed by atoms with E-state index in [1.807, 2.05) is 48.5 Å². The highest BCUT2D eigenvalue weighted by atomic mass is 127. The molecule has 1 heterocycles. The quantitative estimate of drug-likeness (QED) is 0.227. The van der Waals surface area contributed by atoms with Crippen molar-refractivity contribution in [3.05, 3.63) is 77.5 Å². The molecule has 0 aliphatic rings. The van der Waals surface area contributed by atoms with Gasteiger partial charge in [0.1, 0.15) is 12.4 Å². The first-order chi connectivity index (χ1) is 15.4. The molecule has 2 aromatic carbocycles. The number of aliphatic imine (C=N–C) groups is 1. The van der Waals surface area contributed by atoms with Gasteiger partial charge in [-0.25, -0.2) is 4.98 Å². The summed E-state index contributed by atoms with van der Waals surface area (Å²) in [5, 5.41) is 6.52. The lowest BCUT2D eigenvalue weighted by Gasteiger charge is -2.14. The molecule has 8 heteroatoms. The van der Waals surface area contributed by atoms with Gasteiger partial charge in [-0.3, -0.25) is 4.99 Å². The summed E-state index contributed by atoms with van der Waals surface area (Å²) in [5.74, 6) is 3.54. The third-order valence-electron chi connectivity index (χ3n) is 4.85. The zero-order chi connectivity index (χ0) is 23.0. The number of oxazole rings is 1. The number of nitrogens with one attached hydrogen (secondary N) is 2. The highest BCUT2D eigenvalue weighted by Crippen LogP contribution is 2.29. The predicted molar refractivity (Wildman–Crippen MR) is 141 cm³/mol. The Kier molecular flexibility index (Phi) is 10.0. The minimum atomic E-state index is -0.0682. The first-order valence-corrected chi connectivity index (χ1v) is 10.6. The van der Waals surface area contributed by atoms with Gasteiger partial charge in [0, 0.05) is 19.0 Å². The molecule has 0 aliphatic heterocycles. The van der Waals surface area contributed by atoms with Crippen molar-refractivity contribution in [3.63, 3.8) is 0 Å².